The monoisotopic (exact) mass is 377 g/mol. The molecule has 2 rings (SSSR count). The first-order valence-electron chi connectivity index (χ1n) is 10.3. The lowest BCUT2D eigenvalue weighted by atomic mass is 9.91. The number of rotatable bonds is 4. The minimum Gasteiger partial charge on any atom is -0.274 e. The second kappa shape index (κ2) is 8.89. The van der Waals surface area contributed by atoms with Crippen LogP contribution in [0.1, 0.15) is 71.8 Å². The molecular formula is C21H37N4O2+. The summed E-state index contributed by atoms with van der Waals surface area (Å²) in [5.41, 5.74) is 0.0577. The molecule has 2 heterocycles. The van der Waals surface area contributed by atoms with Crippen molar-refractivity contribution in [2.75, 3.05) is 25.0 Å². The minimum absolute atomic E-state index is 0.0550. The summed E-state index contributed by atoms with van der Waals surface area (Å²) >= 11 is 0. The Morgan fingerprint density at radius 1 is 1.26 bits per heavy atom. The van der Waals surface area contributed by atoms with E-state index in [0.29, 0.717) is 17.3 Å². The maximum absolute atomic E-state index is 12.7. The van der Waals surface area contributed by atoms with Gasteiger partial charge in [-0.25, -0.2) is 9.69 Å². The van der Waals surface area contributed by atoms with E-state index in [-0.39, 0.29) is 17.2 Å². The number of H-pyrrole nitrogens is 1. The van der Waals surface area contributed by atoms with Crippen molar-refractivity contribution in [1.82, 2.24) is 9.55 Å². The van der Waals surface area contributed by atoms with E-state index in [1.54, 1.807) is 11.6 Å². The van der Waals surface area contributed by atoms with Gasteiger partial charge in [-0.15, -0.1) is 0 Å². The first-order valence-corrected chi connectivity index (χ1v) is 10.3. The van der Waals surface area contributed by atoms with E-state index in [1.807, 2.05) is 11.9 Å². The molecule has 1 aliphatic heterocycles. The molecule has 1 N–H and O–H groups in total. The SMILES string of the molecule is CCC1CCC[N+](=C(C)N(C)c2c(C(C)C(C)C)c(=O)[nH]c(=O)n2C)CC1. The van der Waals surface area contributed by atoms with E-state index >= 15 is 0 Å². The van der Waals surface area contributed by atoms with Crippen LogP contribution >= 0.6 is 0 Å². The number of nitrogens with one attached hydrogen (secondary N) is 1. The molecule has 0 radical (unpaired) electrons. The smallest absolute Gasteiger partial charge is 0.274 e. The molecule has 1 aliphatic rings. The van der Waals surface area contributed by atoms with E-state index in [4.69, 9.17) is 0 Å². The molecule has 2 atom stereocenters. The standard InChI is InChI=1S/C21H36N4O2/c1-8-17-10-9-12-25(13-11-17)16(5)23(6)20-18(15(4)14(2)3)19(26)22-21(27)24(20)7/h14-15,17H,8-13H2,1-7H3/p+1. The van der Waals surface area contributed by atoms with Crippen molar-refractivity contribution in [2.45, 2.75) is 66.2 Å². The Kier molecular flexibility index (Phi) is 7.06. The van der Waals surface area contributed by atoms with Crippen LogP contribution in [0.25, 0.3) is 0 Å². The maximum atomic E-state index is 12.7. The summed E-state index contributed by atoms with van der Waals surface area (Å²) in [6.07, 6.45) is 4.91. The van der Waals surface area contributed by atoms with Crippen LogP contribution in [0.3, 0.4) is 0 Å². The second-order valence-corrected chi connectivity index (χ2v) is 8.39. The van der Waals surface area contributed by atoms with Gasteiger partial charge in [-0.05, 0) is 37.0 Å². The van der Waals surface area contributed by atoms with E-state index in [1.165, 1.54) is 25.7 Å². The summed E-state index contributed by atoms with van der Waals surface area (Å²) in [6.45, 7) is 12.7. The summed E-state index contributed by atoms with van der Waals surface area (Å²) in [5.74, 6) is 2.97. The highest BCUT2D eigenvalue weighted by Crippen LogP contribution is 2.28. The topological polar surface area (TPSA) is 61.1 Å². The summed E-state index contributed by atoms with van der Waals surface area (Å²) in [5, 5.41) is 0. The van der Waals surface area contributed by atoms with Crippen molar-refractivity contribution in [2.24, 2.45) is 18.9 Å². The van der Waals surface area contributed by atoms with E-state index in [9.17, 15) is 9.59 Å². The van der Waals surface area contributed by atoms with Crippen LogP contribution < -0.4 is 16.1 Å². The minimum atomic E-state index is -0.365. The summed E-state index contributed by atoms with van der Waals surface area (Å²) < 4.78 is 3.98. The summed E-state index contributed by atoms with van der Waals surface area (Å²) in [7, 11) is 3.71. The predicted molar refractivity (Wildman–Crippen MR) is 112 cm³/mol. The Hall–Kier alpha value is -1.85. The van der Waals surface area contributed by atoms with Crippen molar-refractivity contribution < 1.29 is 4.58 Å². The maximum Gasteiger partial charge on any atom is 0.331 e. The average molecular weight is 378 g/mol. The van der Waals surface area contributed by atoms with Crippen LogP contribution in [0.15, 0.2) is 9.59 Å². The number of hydrogen-bond donors (Lipinski definition) is 1. The molecule has 0 bridgehead atoms. The van der Waals surface area contributed by atoms with Gasteiger partial charge in [0.15, 0.2) is 0 Å². The molecule has 1 aromatic rings. The Morgan fingerprint density at radius 3 is 2.52 bits per heavy atom. The zero-order valence-electron chi connectivity index (χ0n) is 18.1. The van der Waals surface area contributed by atoms with Crippen LogP contribution in [0, 0.1) is 11.8 Å². The lowest BCUT2D eigenvalue weighted by molar-refractivity contribution is -0.527. The van der Waals surface area contributed by atoms with Crippen molar-refractivity contribution >= 4 is 11.7 Å². The van der Waals surface area contributed by atoms with Gasteiger partial charge in [0, 0.05) is 14.0 Å². The molecular weight excluding hydrogens is 340 g/mol. The molecule has 6 heteroatoms. The van der Waals surface area contributed by atoms with Crippen LogP contribution in [0.2, 0.25) is 0 Å². The normalized spacial score (nSPS) is 21.1. The number of aromatic amines is 1. The fourth-order valence-corrected chi connectivity index (χ4v) is 4.04. The molecule has 0 amide bonds. The first kappa shape index (κ1) is 21.5. The Balaban J connectivity index is 2.54. The summed E-state index contributed by atoms with van der Waals surface area (Å²) in [6, 6.07) is 0. The van der Waals surface area contributed by atoms with Crippen molar-refractivity contribution in [3.63, 3.8) is 0 Å². The van der Waals surface area contributed by atoms with Crippen LogP contribution in [-0.4, -0.2) is 40.1 Å². The van der Waals surface area contributed by atoms with Gasteiger partial charge in [-0.1, -0.05) is 34.1 Å². The lowest BCUT2D eigenvalue weighted by Gasteiger charge is -2.24. The van der Waals surface area contributed by atoms with Crippen LogP contribution in [-0.2, 0) is 7.05 Å². The van der Waals surface area contributed by atoms with Gasteiger partial charge in [0.2, 0.25) is 11.7 Å². The van der Waals surface area contributed by atoms with Crippen molar-refractivity contribution in [3.8, 4) is 0 Å². The Labute approximate surface area is 162 Å². The molecule has 0 saturated carbocycles. The highest BCUT2D eigenvalue weighted by Gasteiger charge is 2.30. The number of hydrogen-bond acceptors (Lipinski definition) is 2. The van der Waals surface area contributed by atoms with Crippen LogP contribution in [0.4, 0.5) is 5.82 Å². The largest absolute Gasteiger partial charge is 0.331 e. The second-order valence-electron chi connectivity index (χ2n) is 8.39. The van der Waals surface area contributed by atoms with Crippen LogP contribution in [0.5, 0.6) is 0 Å². The highest BCUT2D eigenvalue weighted by molar-refractivity contribution is 5.91. The molecule has 0 aromatic carbocycles. The molecule has 152 valence electrons. The molecule has 27 heavy (non-hydrogen) atoms. The molecule has 2 unspecified atom stereocenters. The van der Waals surface area contributed by atoms with E-state index < -0.39 is 0 Å². The molecule has 6 nitrogen and oxygen atoms in total. The molecule has 1 fully saturated rings. The van der Waals surface area contributed by atoms with E-state index in [0.717, 1.165) is 24.8 Å². The molecule has 1 saturated heterocycles. The summed E-state index contributed by atoms with van der Waals surface area (Å²) in [4.78, 5) is 29.5. The fraction of sp³-hybridized carbons (Fsp3) is 0.762. The van der Waals surface area contributed by atoms with Crippen molar-refractivity contribution in [3.05, 3.63) is 26.4 Å². The number of nitrogens with zero attached hydrogens (tertiary/aromatic N) is 3. The molecule has 1 aromatic heterocycles. The molecule has 0 spiro atoms. The van der Waals surface area contributed by atoms with E-state index in [2.05, 4.69) is 44.2 Å². The zero-order chi connectivity index (χ0) is 20.3. The quantitative estimate of drug-likeness (QED) is 0.648. The number of aromatic nitrogens is 2. The number of amidine groups is 1. The predicted octanol–water partition coefficient (Wildman–Crippen LogP) is 2.91. The van der Waals surface area contributed by atoms with Gasteiger partial charge in [0.25, 0.3) is 5.56 Å². The van der Waals surface area contributed by atoms with Gasteiger partial charge in [0.05, 0.1) is 25.7 Å². The van der Waals surface area contributed by atoms with Gasteiger partial charge >= 0.3 is 5.69 Å². The third-order valence-corrected chi connectivity index (χ3v) is 6.47. The first-order chi connectivity index (χ1) is 12.7. The highest BCUT2D eigenvalue weighted by atomic mass is 16.2. The third-order valence-electron chi connectivity index (χ3n) is 6.47. The Bertz CT molecular complexity index is 803. The van der Waals surface area contributed by atoms with Gasteiger partial charge in [-0.2, -0.15) is 0 Å². The van der Waals surface area contributed by atoms with Crippen molar-refractivity contribution in [1.29, 1.82) is 0 Å². The average Bonchev–Trinajstić information content (AvgIpc) is 2.88. The van der Waals surface area contributed by atoms with Gasteiger partial charge in [0.1, 0.15) is 0 Å². The Morgan fingerprint density at radius 2 is 1.93 bits per heavy atom. The fourth-order valence-electron chi connectivity index (χ4n) is 4.04. The van der Waals surface area contributed by atoms with Gasteiger partial charge in [-0.3, -0.25) is 18.9 Å². The third kappa shape index (κ3) is 4.53. The number of anilines is 1. The lowest BCUT2D eigenvalue weighted by Crippen LogP contribution is -2.42. The zero-order valence-corrected chi connectivity index (χ0v) is 18.1. The van der Waals surface area contributed by atoms with Gasteiger partial charge < -0.3 is 0 Å². The molecule has 0 aliphatic carbocycles.